The Labute approximate surface area is 144 Å². The maximum absolute atomic E-state index is 12.9. The molecule has 0 bridgehead atoms. The molecule has 5 nitrogen and oxygen atoms in total. The molecule has 0 radical (unpaired) electrons. The second kappa shape index (κ2) is 7.34. The summed E-state index contributed by atoms with van der Waals surface area (Å²) in [6.07, 6.45) is 0.149. The number of fused-ring (bicyclic) bond motifs is 1. The number of nitrogens with one attached hydrogen (secondary N) is 1. The molecule has 1 heterocycles. The highest BCUT2D eigenvalue weighted by atomic mass is 19.1. The fraction of sp³-hybridized carbons (Fsp3) is 0.263. The molecule has 1 amide bonds. The van der Waals surface area contributed by atoms with Gasteiger partial charge in [-0.1, -0.05) is 6.07 Å². The first-order chi connectivity index (χ1) is 12.0. The Morgan fingerprint density at radius 1 is 1.08 bits per heavy atom. The minimum absolute atomic E-state index is 0.0745. The summed E-state index contributed by atoms with van der Waals surface area (Å²) < 4.78 is 23.4. The quantitative estimate of drug-likeness (QED) is 0.817. The van der Waals surface area contributed by atoms with E-state index in [1.807, 2.05) is 19.1 Å². The number of hydrogen-bond donors (Lipinski definition) is 1. The highest BCUT2D eigenvalue weighted by Crippen LogP contribution is 2.34. The molecular formula is C19H18FNO4. The molecule has 25 heavy (non-hydrogen) atoms. The predicted molar refractivity (Wildman–Crippen MR) is 89.1 cm³/mol. The summed E-state index contributed by atoms with van der Waals surface area (Å²) in [5.41, 5.74) is 1.29. The first-order valence-electron chi connectivity index (χ1n) is 8.00. The number of carbonyl (C=O) groups excluding carboxylic acids is 2. The van der Waals surface area contributed by atoms with Crippen molar-refractivity contribution in [3.05, 3.63) is 59.4 Å². The van der Waals surface area contributed by atoms with E-state index in [1.165, 1.54) is 24.3 Å². The van der Waals surface area contributed by atoms with Crippen LogP contribution in [0.3, 0.4) is 0 Å². The van der Waals surface area contributed by atoms with Crippen LogP contribution in [0.25, 0.3) is 0 Å². The van der Waals surface area contributed by atoms with Crippen LogP contribution in [0.5, 0.6) is 11.5 Å². The molecular weight excluding hydrogens is 325 g/mol. The van der Waals surface area contributed by atoms with Crippen LogP contribution >= 0.6 is 0 Å². The van der Waals surface area contributed by atoms with Gasteiger partial charge in [0, 0.05) is 18.4 Å². The van der Waals surface area contributed by atoms with E-state index in [2.05, 4.69) is 5.32 Å². The number of carbonyl (C=O) groups is 2. The van der Waals surface area contributed by atoms with Gasteiger partial charge in [0.2, 0.25) is 12.7 Å². The Balaban J connectivity index is 1.52. The second-order valence-electron chi connectivity index (χ2n) is 5.83. The monoisotopic (exact) mass is 343 g/mol. The maximum Gasteiger partial charge on any atom is 0.231 e. The third kappa shape index (κ3) is 4.15. The van der Waals surface area contributed by atoms with Crippen LogP contribution in [-0.2, 0) is 4.79 Å². The first-order valence-corrected chi connectivity index (χ1v) is 8.00. The number of amides is 1. The number of ether oxygens (including phenoxy) is 2. The van der Waals surface area contributed by atoms with Crippen LogP contribution in [0.2, 0.25) is 0 Å². The number of hydrogen-bond acceptors (Lipinski definition) is 4. The third-order valence-corrected chi connectivity index (χ3v) is 4.02. The van der Waals surface area contributed by atoms with Gasteiger partial charge >= 0.3 is 0 Å². The fourth-order valence-electron chi connectivity index (χ4n) is 2.59. The van der Waals surface area contributed by atoms with Crippen LogP contribution in [0.15, 0.2) is 42.5 Å². The SMILES string of the molecule is CC(NC(=O)CCC(=O)c1ccc(F)cc1)c1ccc2c(c1)OCO2. The third-order valence-electron chi connectivity index (χ3n) is 4.02. The van der Waals surface area contributed by atoms with Crippen LogP contribution in [0.4, 0.5) is 4.39 Å². The van der Waals surface area contributed by atoms with Crippen molar-refractivity contribution in [1.29, 1.82) is 0 Å². The molecule has 1 N–H and O–H groups in total. The number of ketones is 1. The van der Waals surface area contributed by atoms with Crippen LogP contribution in [0.1, 0.15) is 41.7 Å². The summed E-state index contributed by atoms with van der Waals surface area (Å²) in [4.78, 5) is 24.1. The van der Waals surface area contributed by atoms with E-state index in [-0.39, 0.29) is 37.4 Å². The van der Waals surface area contributed by atoms with E-state index >= 15 is 0 Å². The van der Waals surface area contributed by atoms with Gasteiger partial charge in [-0.2, -0.15) is 0 Å². The fourth-order valence-corrected chi connectivity index (χ4v) is 2.59. The van der Waals surface area contributed by atoms with E-state index in [0.717, 1.165) is 5.56 Å². The molecule has 2 aromatic carbocycles. The highest BCUT2D eigenvalue weighted by Gasteiger charge is 2.17. The standard InChI is InChI=1S/C19H18FNO4/c1-12(14-4-8-17-18(10-14)25-11-24-17)21-19(23)9-7-16(22)13-2-5-15(20)6-3-13/h2-6,8,10,12H,7,9,11H2,1H3,(H,21,23). The van der Waals surface area contributed by atoms with Gasteiger partial charge in [0.15, 0.2) is 17.3 Å². The molecule has 130 valence electrons. The van der Waals surface area contributed by atoms with E-state index in [4.69, 9.17) is 9.47 Å². The lowest BCUT2D eigenvalue weighted by Crippen LogP contribution is -2.26. The Morgan fingerprint density at radius 3 is 2.56 bits per heavy atom. The summed E-state index contributed by atoms with van der Waals surface area (Å²) >= 11 is 0. The zero-order chi connectivity index (χ0) is 17.8. The lowest BCUT2D eigenvalue weighted by atomic mass is 10.1. The smallest absolute Gasteiger partial charge is 0.231 e. The average molecular weight is 343 g/mol. The van der Waals surface area contributed by atoms with Crippen molar-refractivity contribution in [1.82, 2.24) is 5.32 Å². The van der Waals surface area contributed by atoms with E-state index in [1.54, 1.807) is 6.07 Å². The number of rotatable bonds is 6. The zero-order valence-corrected chi connectivity index (χ0v) is 13.8. The topological polar surface area (TPSA) is 64.6 Å². The lowest BCUT2D eigenvalue weighted by molar-refractivity contribution is -0.121. The number of benzene rings is 2. The summed E-state index contributed by atoms with van der Waals surface area (Å²) in [5, 5.41) is 2.86. The van der Waals surface area contributed by atoms with Crippen LogP contribution in [0, 0.1) is 5.82 Å². The van der Waals surface area contributed by atoms with Crippen molar-refractivity contribution < 1.29 is 23.5 Å². The molecule has 1 aliphatic heterocycles. The molecule has 6 heteroatoms. The molecule has 0 aliphatic carbocycles. The van der Waals surface area contributed by atoms with Crippen molar-refractivity contribution in [2.45, 2.75) is 25.8 Å². The Hall–Kier alpha value is -2.89. The molecule has 1 atom stereocenters. The van der Waals surface area contributed by atoms with E-state index in [9.17, 15) is 14.0 Å². The molecule has 1 unspecified atom stereocenters. The Bertz CT molecular complexity index is 789. The minimum Gasteiger partial charge on any atom is -0.454 e. The summed E-state index contributed by atoms with van der Waals surface area (Å²) in [6.45, 7) is 2.06. The maximum atomic E-state index is 12.9. The molecule has 1 aliphatic rings. The molecule has 0 saturated carbocycles. The molecule has 2 aromatic rings. The van der Waals surface area contributed by atoms with Gasteiger partial charge in [0.25, 0.3) is 0 Å². The van der Waals surface area contributed by atoms with Crippen molar-refractivity contribution in [2.24, 2.45) is 0 Å². The lowest BCUT2D eigenvalue weighted by Gasteiger charge is -2.14. The van der Waals surface area contributed by atoms with Gasteiger partial charge < -0.3 is 14.8 Å². The van der Waals surface area contributed by atoms with Gasteiger partial charge in [-0.05, 0) is 48.9 Å². The van der Waals surface area contributed by atoms with Crippen LogP contribution < -0.4 is 14.8 Å². The Kier molecular flexibility index (Phi) is 4.97. The largest absolute Gasteiger partial charge is 0.454 e. The van der Waals surface area contributed by atoms with Gasteiger partial charge in [-0.25, -0.2) is 4.39 Å². The van der Waals surface area contributed by atoms with Crippen molar-refractivity contribution in [3.8, 4) is 11.5 Å². The minimum atomic E-state index is -0.396. The summed E-state index contributed by atoms with van der Waals surface area (Å²) in [7, 11) is 0. The van der Waals surface area contributed by atoms with Gasteiger partial charge in [-0.3, -0.25) is 9.59 Å². The van der Waals surface area contributed by atoms with Gasteiger partial charge in [0.1, 0.15) is 5.82 Å². The summed E-state index contributed by atoms with van der Waals surface area (Å²) in [6, 6.07) is 10.6. The predicted octanol–water partition coefficient (Wildman–Crippen LogP) is 3.39. The zero-order valence-electron chi connectivity index (χ0n) is 13.8. The molecule has 0 spiro atoms. The first kappa shape index (κ1) is 17.0. The normalized spacial score (nSPS) is 13.4. The van der Waals surface area contributed by atoms with Gasteiger partial charge in [0.05, 0.1) is 6.04 Å². The number of halogens is 1. The molecule has 0 aromatic heterocycles. The van der Waals surface area contributed by atoms with Crippen molar-refractivity contribution in [2.75, 3.05) is 6.79 Å². The van der Waals surface area contributed by atoms with Crippen molar-refractivity contribution in [3.63, 3.8) is 0 Å². The number of Topliss-reactive ketones (excluding diaryl/α,β-unsaturated/α-hetero) is 1. The molecule has 0 saturated heterocycles. The van der Waals surface area contributed by atoms with Gasteiger partial charge in [-0.15, -0.1) is 0 Å². The van der Waals surface area contributed by atoms with Crippen LogP contribution in [-0.4, -0.2) is 18.5 Å². The summed E-state index contributed by atoms with van der Waals surface area (Å²) in [5.74, 6) is 0.538. The van der Waals surface area contributed by atoms with E-state index in [0.29, 0.717) is 17.1 Å². The van der Waals surface area contributed by atoms with E-state index < -0.39 is 5.82 Å². The Morgan fingerprint density at radius 2 is 1.80 bits per heavy atom. The highest BCUT2D eigenvalue weighted by molar-refractivity contribution is 5.97. The average Bonchev–Trinajstić information content (AvgIpc) is 3.08. The molecule has 0 fully saturated rings. The van der Waals surface area contributed by atoms with Crippen molar-refractivity contribution >= 4 is 11.7 Å². The molecule has 3 rings (SSSR count). The second-order valence-corrected chi connectivity index (χ2v) is 5.83.